The van der Waals surface area contributed by atoms with Gasteiger partial charge in [0.2, 0.25) is 0 Å². The number of hydrogen-bond acceptors (Lipinski definition) is 6. The van der Waals surface area contributed by atoms with Gasteiger partial charge in [-0.05, 0) is 43.5 Å². The van der Waals surface area contributed by atoms with E-state index in [9.17, 15) is 18.4 Å². The molecule has 0 spiro atoms. The van der Waals surface area contributed by atoms with Crippen LogP contribution in [0.1, 0.15) is 17.3 Å². The average molecular weight is 434 g/mol. The molecule has 0 bridgehead atoms. The van der Waals surface area contributed by atoms with Gasteiger partial charge in [0, 0.05) is 15.8 Å². The van der Waals surface area contributed by atoms with E-state index in [2.05, 4.69) is 10.3 Å². The van der Waals surface area contributed by atoms with Crippen LogP contribution in [0.25, 0.3) is 11.3 Å². The van der Waals surface area contributed by atoms with E-state index in [4.69, 9.17) is 4.74 Å². The number of esters is 1. The highest BCUT2D eigenvalue weighted by atomic mass is 32.2. The van der Waals surface area contributed by atoms with Gasteiger partial charge < -0.3 is 4.74 Å². The lowest BCUT2D eigenvalue weighted by Gasteiger charge is -2.13. The number of hydrogen-bond donors (Lipinski definition) is 1. The average Bonchev–Trinajstić information content (AvgIpc) is 3.18. The van der Waals surface area contributed by atoms with Crippen LogP contribution in [0.2, 0.25) is 0 Å². The molecule has 0 aliphatic carbocycles. The highest BCUT2D eigenvalue weighted by Crippen LogP contribution is 2.26. The first-order valence-electron chi connectivity index (χ1n) is 8.45. The molecule has 1 amide bonds. The number of nitrogens with one attached hydrogen (secondary N) is 1. The summed E-state index contributed by atoms with van der Waals surface area (Å²) in [5, 5.41) is 4.42. The molecule has 3 rings (SSSR count). The van der Waals surface area contributed by atoms with Gasteiger partial charge in [0.15, 0.2) is 22.9 Å². The Kier molecular flexibility index (Phi) is 6.60. The minimum absolute atomic E-state index is 0.252. The zero-order valence-electron chi connectivity index (χ0n) is 15.4. The van der Waals surface area contributed by atoms with Crippen molar-refractivity contribution in [2.24, 2.45) is 0 Å². The molecule has 1 heterocycles. The number of halogens is 2. The van der Waals surface area contributed by atoms with Crippen LogP contribution >= 0.6 is 23.1 Å². The van der Waals surface area contributed by atoms with Crippen LogP contribution in [0.5, 0.6) is 0 Å². The summed E-state index contributed by atoms with van der Waals surface area (Å²) in [6.45, 7) is 1.46. The molecule has 2 aromatic carbocycles. The first-order valence-corrected chi connectivity index (χ1v) is 10.5. The van der Waals surface area contributed by atoms with Gasteiger partial charge in [-0.15, -0.1) is 23.1 Å². The normalized spacial score (nSPS) is 11.7. The number of nitrogens with zero attached hydrogens (tertiary/aromatic N) is 1. The van der Waals surface area contributed by atoms with Crippen LogP contribution in [-0.4, -0.2) is 29.2 Å². The molecule has 0 aliphatic rings. The summed E-state index contributed by atoms with van der Waals surface area (Å²) in [6, 6.07) is 10.4. The van der Waals surface area contributed by atoms with Crippen LogP contribution in [0.15, 0.2) is 52.7 Å². The molecule has 5 nitrogen and oxygen atoms in total. The number of thioether (sulfide) groups is 1. The molecule has 3 aromatic rings. The Morgan fingerprint density at radius 2 is 1.93 bits per heavy atom. The van der Waals surface area contributed by atoms with Crippen molar-refractivity contribution in [2.45, 2.75) is 17.9 Å². The van der Waals surface area contributed by atoms with Crippen molar-refractivity contribution in [3.63, 3.8) is 0 Å². The molecule has 1 atom stereocenters. The van der Waals surface area contributed by atoms with E-state index in [-0.39, 0.29) is 5.13 Å². The molecule has 0 aliphatic heterocycles. The monoisotopic (exact) mass is 434 g/mol. The summed E-state index contributed by atoms with van der Waals surface area (Å²) in [5.74, 6) is -3.08. The molecule has 0 radical (unpaired) electrons. The summed E-state index contributed by atoms with van der Waals surface area (Å²) in [4.78, 5) is 29.6. The maximum Gasteiger partial charge on any atom is 0.340 e. The van der Waals surface area contributed by atoms with Crippen molar-refractivity contribution in [2.75, 3.05) is 11.6 Å². The zero-order chi connectivity index (χ0) is 21.0. The van der Waals surface area contributed by atoms with Crippen LogP contribution in [0.4, 0.5) is 13.9 Å². The molecular weight excluding hydrogens is 418 g/mol. The number of benzene rings is 2. The summed E-state index contributed by atoms with van der Waals surface area (Å²) in [6.07, 6.45) is 0.794. The maximum atomic E-state index is 13.4. The van der Waals surface area contributed by atoms with Gasteiger partial charge in [-0.3, -0.25) is 10.1 Å². The Hall–Kier alpha value is -2.78. The minimum Gasteiger partial charge on any atom is -0.449 e. The van der Waals surface area contributed by atoms with Gasteiger partial charge in [-0.1, -0.05) is 12.1 Å². The first kappa shape index (κ1) is 20.9. The third-order valence-corrected chi connectivity index (χ3v) is 5.48. The van der Waals surface area contributed by atoms with E-state index < -0.39 is 29.6 Å². The fourth-order valence-corrected chi connectivity index (χ4v) is 3.73. The van der Waals surface area contributed by atoms with E-state index in [0.29, 0.717) is 16.8 Å². The Morgan fingerprint density at radius 3 is 2.66 bits per heavy atom. The predicted octanol–water partition coefficient (Wildman–Crippen LogP) is 4.99. The molecule has 29 heavy (non-hydrogen) atoms. The summed E-state index contributed by atoms with van der Waals surface area (Å²) >= 11 is 2.52. The Balaban J connectivity index is 1.65. The molecule has 9 heteroatoms. The van der Waals surface area contributed by atoms with Crippen molar-refractivity contribution >= 4 is 40.1 Å². The number of rotatable bonds is 6. The Labute approximate surface area is 174 Å². The number of anilines is 1. The van der Waals surface area contributed by atoms with Crippen LogP contribution in [-0.2, 0) is 9.53 Å². The lowest BCUT2D eigenvalue weighted by Crippen LogP contribution is -2.30. The predicted molar refractivity (Wildman–Crippen MR) is 109 cm³/mol. The van der Waals surface area contributed by atoms with Gasteiger partial charge in [0.05, 0.1) is 11.3 Å². The fraction of sp³-hybridized carbons (Fsp3) is 0.150. The quantitative estimate of drug-likeness (QED) is 0.437. The van der Waals surface area contributed by atoms with Gasteiger partial charge >= 0.3 is 5.97 Å². The number of ether oxygens (including phenoxy) is 1. The molecule has 0 saturated heterocycles. The SMILES string of the molecule is CSc1ccccc1C(=O)O[C@H](C)C(=O)Nc1nc(-c2ccc(F)c(F)c2)cs1. The smallest absolute Gasteiger partial charge is 0.340 e. The summed E-state index contributed by atoms with van der Waals surface area (Å²) in [7, 11) is 0. The van der Waals surface area contributed by atoms with E-state index in [1.807, 2.05) is 12.3 Å². The van der Waals surface area contributed by atoms with E-state index in [0.717, 1.165) is 28.4 Å². The Bertz CT molecular complexity index is 1060. The van der Waals surface area contributed by atoms with E-state index in [1.165, 1.54) is 24.8 Å². The van der Waals surface area contributed by atoms with E-state index >= 15 is 0 Å². The highest BCUT2D eigenvalue weighted by molar-refractivity contribution is 7.98. The summed E-state index contributed by atoms with van der Waals surface area (Å²) in [5.41, 5.74) is 1.16. The Morgan fingerprint density at radius 1 is 1.17 bits per heavy atom. The van der Waals surface area contributed by atoms with Crippen molar-refractivity contribution in [3.05, 3.63) is 65.0 Å². The maximum absolute atomic E-state index is 13.4. The molecule has 1 N–H and O–H groups in total. The molecule has 150 valence electrons. The van der Waals surface area contributed by atoms with Crippen molar-refractivity contribution < 1.29 is 23.1 Å². The summed E-state index contributed by atoms with van der Waals surface area (Å²) < 4.78 is 31.7. The standard InChI is InChI=1S/C20H16F2N2O3S2/c1-11(27-19(26)13-5-3-4-6-17(13)28-2)18(25)24-20-23-16(10-29-20)12-7-8-14(21)15(22)9-12/h3-11H,1-2H3,(H,23,24,25)/t11-/m1/s1. The largest absolute Gasteiger partial charge is 0.449 e. The van der Waals surface area contributed by atoms with Crippen molar-refractivity contribution in [1.29, 1.82) is 0 Å². The van der Waals surface area contributed by atoms with Crippen LogP contribution in [0.3, 0.4) is 0 Å². The number of carbonyl (C=O) groups excluding carboxylic acids is 2. The van der Waals surface area contributed by atoms with Crippen molar-refractivity contribution in [1.82, 2.24) is 4.98 Å². The first-order chi connectivity index (χ1) is 13.9. The molecule has 1 aromatic heterocycles. The lowest BCUT2D eigenvalue weighted by molar-refractivity contribution is -0.123. The van der Waals surface area contributed by atoms with Gasteiger partial charge in [-0.25, -0.2) is 18.6 Å². The van der Waals surface area contributed by atoms with Gasteiger partial charge in [0.25, 0.3) is 5.91 Å². The van der Waals surface area contributed by atoms with Gasteiger partial charge in [-0.2, -0.15) is 0 Å². The second-order valence-corrected chi connectivity index (χ2v) is 7.61. The fourth-order valence-electron chi connectivity index (χ4n) is 2.42. The number of amides is 1. The third-order valence-electron chi connectivity index (χ3n) is 3.93. The van der Waals surface area contributed by atoms with Crippen LogP contribution < -0.4 is 5.32 Å². The molecule has 0 saturated carbocycles. The third kappa shape index (κ3) is 4.99. The second-order valence-electron chi connectivity index (χ2n) is 5.90. The van der Waals surface area contributed by atoms with Crippen molar-refractivity contribution in [3.8, 4) is 11.3 Å². The van der Waals surface area contributed by atoms with Gasteiger partial charge in [0.1, 0.15) is 0 Å². The molecular formula is C20H16F2N2O3S2. The highest BCUT2D eigenvalue weighted by Gasteiger charge is 2.21. The van der Waals surface area contributed by atoms with Crippen LogP contribution in [0, 0.1) is 11.6 Å². The lowest BCUT2D eigenvalue weighted by atomic mass is 10.2. The number of carbonyl (C=O) groups is 2. The number of thiazole rings is 1. The minimum atomic E-state index is -1.05. The topological polar surface area (TPSA) is 68.3 Å². The zero-order valence-corrected chi connectivity index (χ0v) is 17.1. The van der Waals surface area contributed by atoms with E-state index in [1.54, 1.807) is 23.6 Å². The number of aromatic nitrogens is 1. The second kappa shape index (κ2) is 9.15. The molecule has 0 unspecified atom stereocenters. The molecule has 0 fully saturated rings.